The van der Waals surface area contributed by atoms with Crippen LogP contribution < -0.4 is 10.6 Å². The summed E-state index contributed by atoms with van der Waals surface area (Å²) in [6.45, 7) is 6.88. The number of carbonyl (C=O) groups is 4. The fourth-order valence-corrected chi connectivity index (χ4v) is 3.61. The van der Waals surface area contributed by atoms with Crippen LogP contribution in [0.3, 0.4) is 0 Å². The first kappa shape index (κ1) is 24.8. The molecule has 9 nitrogen and oxygen atoms in total. The number of ether oxygens (including phenoxy) is 2. The van der Waals surface area contributed by atoms with Gasteiger partial charge >= 0.3 is 18.0 Å². The van der Waals surface area contributed by atoms with E-state index in [1.165, 1.54) is 0 Å². The minimum absolute atomic E-state index is 0.0187. The molecule has 1 unspecified atom stereocenters. The van der Waals surface area contributed by atoms with Crippen molar-refractivity contribution < 1.29 is 33.1 Å². The van der Waals surface area contributed by atoms with Crippen molar-refractivity contribution in [3.63, 3.8) is 0 Å². The number of hydrogen-bond acceptors (Lipinski definition) is 7. The Bertz CT molecular complexity index is 1150. The summed E-state index contributed by atoms with van der Waals surface area (Å²) >= 11 is 0. The van der Waals surface area contributed by atoms with Gasteiger partial charge in [0.05, 0.1) is 24.3 Å². The van der Waals surface area contributed by atoms with E-state index in [0.29, 0.717) is 17.1 Å². The summed E-state index contributed by atoms with van der Waals surface area (Å²) in [5.41, 5.74) is 2.54. The fourth-order valence-electron chi connectivity index (χ4n) is 3.61. The molecule has 1 aliphatic heterocycles. The quantitative estimate of drug-likeness (QED) is 0.426. The molecule has 1 aromatic heterocycles. The average molecular weight is 469 g/mol. The molecule has 1 aromatic carbocycles. The molecule has 34 heavy (non-hydrogen) atoms. The lowest BCUT2D eigenvalue weighted by atomic mass is 9.99. The zero-order valence-electron chi connectivity index (χ0n) is 19.7. The molecule has 3 rings (SSSR count). The van der Waals surface area contributed by atoms with Crippen molar-refractivity contribution >= 4 is 23.8 Å². The van der Waals surface area contributed by atoms with Crippen molar-refractivity contribution in [1.29, 1.82) is 0 Å². The van der Waals surface area contributed by atoms with E-state index in [1.807, 2.05) is 26.0 Å². The van der Waals surface area contributed by atoms with Gasteiger partial charge in [-0.25, -0.2) is 9.59 Å². The summed E-state index contributed by atoms with van der Waals surface area (Å²) < 4.78 is 16.0. The molecular formula is C25H28N2O7. The molecule has 0 radical (unpaired) electrons. The molecule has 0 bridgehead atoms. The maximum absolute atomic E-state index is 12.7. The molecule has 0 saturated carbocycles. The van der Waals surface area contributed by atoms with Crippen LogP contribution in [0.1, 0.15) is 58.8 Å². The maximum Gasteiger partial charge on any atom is 0.338 e. The molecule has 9 heteroatoms. The summed E-state index contributed by atoms with van der Waals surface area (Å²) in [6.07, 6.45) is -0.156. The topological polar surface area (TPSA) is 124 Å². The van der Waals surface area contributed by atoms with Gasteiger partial charge in [-0.05, 0) is 51.5 Å². The number of Topliss-reactive ketones (excluding diaryl/α,β-unsaturated/α-hetero) is 1. The number of amides is 2. The SMILES string of the molecule is CCOC(=O)C1=C(COC(=O)CCC(=O)c2cc(C)ccc2C)NC(=O)NC1c1ccc(C)o1. The summed E-state index contributed by atoms with van der Waals surface area (Å²) in [6, 6.07) is 7.44. The van der Waals surface area contributed by atoms with Gasteiger partial charge in [0.25, 0.3) is 0 Å². The maximum atomic E-state index is 12.7. The van der Waals surface area contributed by atoms with Gasteiger partial charge in [0.15, 0.2) is 5.78 Å². The van der Waals surface area contributed by atoms with E-state index >= 15 is 0 Å². The van der Waals surface area contributed by atoms with E-state index in [9.17, 15) is 19.2 Å². The summed E-state index contributed by atoms with van der Waals surface area (Å²) in [4.78, 5) is 49.8. The minimum Gasteiger partial charge on any atom is -0.464 e. The third-order valence-electron chi connectivity index (χ3n) is 5.32. The van der Waals surface area contributed by atoms with Crippen molar-refractivity contribution in [1.82, 2.24) is 10.6 Å². The summed E-state index contributed by atoms with van der Waals surface area (Å²) in [5.74, 6) is -0.517. The van der Waals surface area contributed by atoms with Crippen LogP contribution in [-0.4, -0.2) is 37.0 Å². The Morgan fingerprint density at radius 2 is 1.79 bits per heavy atom. The molecule has 2 heterocycles. The monoisotopic (exact) mass is 468 g/mol. The summed E-state index contributed by atoms with van der Waals surface area (Å²) in [5, 5.41) is 5.15. The number of nitrogens with one attached hydrogen (secondary N) is 2. The number of furan rings is 1. The van der Waals surface area contributed by atoms with Crippen LogP contribution in [-0.2, 0) is 19.1 Å². The Morgan fingerprint density at radius 1 is 1.03 bits per heavy atom. The molecule has 0 fully saturated rings. The zero-order valence-corrected chi connectivity index (χ0v) is 19.7. The number of carbonyl (C=O) groups excluding carboxylic acids is 4. The van der Waals surface area contributed by atoms with E-state index in [4.69, 9.17) is 13.9 Å². The minimum atomic E-state index is -0.902. The fraction of sp³-hybridized carbons (Fsp3) is 0.360. The Labute approximate surface area is 197 Å². The van der Waals surface area contributed by atoms with E-state index in [-0.39, 0.29) is 43.1 Å². The number of benzene rings is 1. The number of ketones is 1. The van der Waals surface area contributed by atoms with Crippen LogP contribution in [0.15, 0.2) is 46.0 Å². The molecule has 0 spiro atoms. The summed E-state index contributed by atoms with van der Waals surface area (Å²) in [7, 11) is 0. The Hall–Kier alpha value is -3.88. The van der Waals surface area contributed by atoms with E-state index in [0.717, 1.165) is 11.1 Å². The van der Waals surface area contributed by atoms with Crippen molar-refractivity contribution in [3.05, 3.63) is 69.8 Å². The van der Waals surface area contributed by atoms with Crippen molar-refractivity contribution in [2.24, 2.45) is 0 Å². The smallest absolute Gasteiger partial charge is 0.338 e. The van der Waals surface area contributed by atoms with Crippen LogP contribution in [0.4, 0.5) is 4.79 Å². The Balaban J connectivity index is 1.72. The lowest BCUT2D eigenvalue weighted by molar-refractivity contribution is -0.143. The zero-order chi connectivity index (χ0) is 24.8. The number of esters is 2. The normalized spacial score (nSPS) is 15.4. The van der Waals surface area contributed by atoms with E-state index < -0.39 is 24.0 Å². The van der Waals surface area contributed by atoms with Gasteiger partial charge in [-0.1, -0.05) is 17.7 Å². The molecule has 1 atom stereocenters. The molecule has 0 saturated heterocycles. The molecule has 180 valence electrons. The van der Waals surface area contributed by atoms with Gasteiger partial charge in [0.2, 0.25) is 0 Å². The van der Waals surface area contributed by atoms with Gasteiger partial charge in [0.1, 0.15) is 24.2 Å². The first-order valence-corrected chi connectivity index (χ1v) is 11.0. The predicted molar refractivity (Wildman–Crippen MR) is 122 cm³/mol. The van der Waals surface area contributed by atoms with E-state index in [1.54, 1.807) is 32.0 Å². The van der Waals surface area contributed by atoms with Gasteiger partial charge in [-0.2, -0.15) is 0 Å². The highest BCUT2D eigenvalue weighted by Crippen LogP contribution is 2.29. The van der Waals surface area contributed by atoms with Gasteiger partial charge in [-0.3, -0.25) is 9.59 Å². The van der Waals surface area contributed by atoms with Crippen molar-refractivity contribution in [3.8, 4) is 0 Å². The Morgan fingerprint density at radius 3 is 2.47 bits per heavy atom. The molecular weight excluding hydrogens is 440 g/mol. The molecule has 2 N–H and O–H groups in total. The van der Waals surface area contributed by atoms with Crippen LogP contribution in [0.5, 0.6) is 0 Å². The number of rotatable bonds is 9. The van der Waals surface area contributed by atoms with Crippen LogP contribution >= 0.6 is 0 Å². The molecule has 0 aliphatic carbocycles. The molecule has 2 aromatic rings. The third-order valence-corrected chi connectivity index (χ3v) is 5.32. The average Bonchev–Trinajstić information content (AvgIpc) is 3.23. The lowest BCUT2D eigenvalue weighted by Crippen LogP contribution is -2.47. The number of aryl methyl sites for hydroxylation is 3. The van der Waals surface area contributed by atoms with Gasteiger partial charge in [-0.15, -0.1) is 0 Å². The van der Waals surface area contributed by atoms with Crippen LogP contribution in [0.2, 0.25) is 0 Å². The first-order valence-electron chi connectivity index (χ1n) is 11.0. The molecule has 1 aliphatic rings. The van der Waals surface area contributed by atoms with Gasteiger partial charge < -0.3 is 24.5 Å². The van der Waals surface area contributed by atoms with Crippen LogP contribution in [0.25, 0.3) is 0 Å². The second kappa shape index (κ2) is 10.8. The van der Waals surface area contributed by atoms with Crippen molar-refractivity contribution in [2.45, 2.75) is 46.6 Å². The highest BCUT2D eigenvalue weighted by atomic mass is 16.5. The first-order chi connectivity index (χ1) is 16.2. The number of urea groups is 1. The lowest BCUT2D eigenvalue weighted by Gasteiger charge is -2.27. The standard InChI is InChI=1S/C25H28N2O7/c1-5-32-24(30)22-18(26-25(31)27-23(22)20-10-8-16(4)34-20)13-33-21(29)11-9-19(28)17-12-14(2)6-7-15(17)3/h6-8,10,12,23H,5,9,11,13H2,1-4H3,(H2,26,27,31). The number of hydrogen-bond donors (Lipinski definition) is 2. The van der Waals surface area contributed by atoms with Crippen molar-refractivity contribution in [2.75, 3.05) is 13.2 Å². The highest BCUT2D eigenvalue weighted by Gasteiger charge is 2.36. The van der Waals surface area contributed by atoms with E-state index in [2.05, 4.69) is 10.6 Å². The van der Waals surface area contributed by atoms with Gasteiger partial charge in [0, 0.05) is 12.0 Å². The largest absolute Gasteiger partial charge is 0.464 e. The highest BCUT2D eigenvalue weighted by molar-refractivity contribution is 5.99. The third kappa shape index (κ3) is 5.92. The predicted octanol–water partition coefficient (Wildman–Crippen LogP) is 3.58. The second-order valence-electron chi connectivity index (χ2n) is 7.99. The molecule has 2 amide bonds. The van der Waals surface area contributed by atoms with Crippen LogP contribution in [0, 0.1) is 20.8 Å². The second-order valence-corrected chi connectivity index (χ2v) is 7.99. The Kier molecular flexibility index (Phi) is 7.88.